The Morgan fingerprint density at radius 1 is 1.19 bits per heavy atom. The maximum absolute atomic E-state index is 15.5. The van der Waals surface area contributed by atoms with Gasteiger partial charge in [-0.15, -0.1) is 12.4 Å². The summed E-state index contributed by atoms with van der Waals surface area (Å²) in [5.74, 6) is -0.181. The van der Waals surface area contributed by atoms with Gasteiger partial charge in [0.1, 0.15) is 16.0 Å². The SMILES string of the molecule is COc1c(-c2ccc3c(c2)CCNC3)c(F)cc2c(=O)c3c(=O)[nH]sc3n(C3CC3)c12.Cl. The maximum Gasteiger partial charge on any atom is 0.271 e. The van der Waals surface area contributed by atoms with Crippen molar-refractivity contribution < 1.29 is 9.13 Å². The number of methoxy groups -OCH3 is 1. The van der Waals surface area contributed by atoms with E-state index in [-0.39, 0.29) is 29.2 Å². The van der Waals surface area contributed by atoms with Gasteiger partial charge in [0.05, 0.1) is 23.6 Å². The van der Waals surface area contributed by atoms with Crippen molar-refractivity contribution in [2.75, 3.05) is 13.7 Å². The molecule has 6 nitrogen and oxygen atoms in total. The first-order valence-electron chi connectivity index (χ1n) is 10.4. The molecular weight excluding hydrogens is 453 g/mol. The fraction of sp³-hybridized carbons (Fsp3) is 0.304. The predicted molar refractivity (Wildman–Crippen MR) is 127 cm³/mol. The normalized spacial score (nSPS) is 15.6. The van der Waals surface area contributed by atoms with Crippen LogP contribution in [0, 0.1) is 5.82 Å². The van der Waals surface area contributed by atoms with Crippen LogP contribution in [0.1, 0.15) is 30.0 Å². The summed E-state index contributed by atoms with van der Waals surface area (Å²) in [6.45, 7) is 1.69. The molecule has 0 bridgehead atoms. The molecule has 6 rings (SSSR count). The molecule has 2 N–H and O–H groups in total. The number of nitrogens with one attached hydrogen (secondary N) is 2. The highest BCUT2D eigenvalue weighted by Crippen LogP contribution is 2.45. The van der Waals surface area contributed by atoms with E-state index in [1.807, 2.05) is 22.8 Å². The third kappa shape index (κ3) is 3.01. The molecule has 3 heterocycles. The van der Waals surface area contributed by atoms with E-state index in [1.54, 1.807) is 0 Å². The van der Waals surface area contributed by atoms with Crippen LogP contribution in [-0.2, 0) is 13.0 Å². The molecule has 0 saturated heterocycles. The molecule has 32 heavy (non-hydrogen) atoms. The molecule has 4 aromatic rings. The summed E-state index contributed by atoms with van der Waals surface area (Å²) >= 11 is 1.15. The monoisotopic (exact) mass is 473 g/mol. The Morgan fingerprint density at radius 2 is 2.00 bits per heavy atom. The lowest BCUT2D eigenvalue weighted by Crippen LogP contribution is -2.23. The van der Waals surface area contributed by atoms with Crippen LogP contribution in [0.4, 0.5) is 4.39 Å². The molecule has 0 radical (unpaired) electrons. The van der Waals surface area contributed by atoms with Crippen molar-refractivity contribution in [1.82, 2.24) is 14.3 Å². The number of halogens is 2. The van der Waals surface area contributed by atoms with Crippen LogP contribution in [0.25, 0.3) is 32.2 Å². The number of hydrogen-bond donors (Lipinski definition) is 2. The number of aromatic amines is 1. The van der Waals surface area contributed by atoms with Crippen LogP contribution in [0.2, 0.25) is 0 Å². The lowest BCUT2D eigenvalue weighted by atomic mass is 9.93. The fourth-order valence-corrected chi connectivity index (χ4v) is 5.63. The number of fused-ring (bicyclic) bond motifs is 3. The van der Waals surface area contributed by atoms with Crippen LogP contribution >= 0.6 is 23.9 Å². The Balaban J connectivity index is 0.00000216. The van der Waals surface area contributed by atoms with E-state index in [0.29, 0.717) is 21.7 Å². The van der Waals surface area contributed by atoms with E-state index in [2.05, 4.69) is 9.69 Å². The molecule has 2 aliphatic rings. The van der Waals surface area contributed by atoms with Gasteiger partial charge in [0, 0.05) is 12.6 Å². The first-order valence-corrected chi connectivity index (χ1v) is 11.2. The zero-order valence-corrected chi connectivity index (χ0v) is 18.9. The summed E-state index contributed by atoms with van der Waals surface area (Å²) in [5.41, 5.74) is 3.17. The topological polar surface area (TPSA) is 76.1 Å². The second-order valence-electron chi connectivity index (χ2n) is 8.22. The summed E-state index contributed by atoms with van der Waals surface area (Å²) < 4.78 is 26.0. The Labute approximate surface area is 192 Å². The van der Waals surface area contributed by atoms with Crippen LogP contribution in [0.3, 0.4) is 0 Å². The largest absolute Gasteiger partial charge is 0.494 e. The quantitative estimate of drug-likeness (QED) is 0.469. The number of pyridine rings is 1. The molecule has 0 amide bonds. The molecule has 2 aromatic carbocycles. The number of H-pyrrole nitrogens is 1. The molecule has 0 spiro atoms. The van der Waals surface area contributed by atoms with Crippen molar-refractivity contribution in [3.63, 3.8) is 0 Å². The molecule has 0 atom stereocenters. The van der Waals surface area contributed by atoms with Gasteiger partial charge in [0.15, 0.2) is 5.75 Å². The molecule has 1 aliphatic heterocycles. The van der Waals surface area contributed by atoms with E-state index in [9.17, 15) is 9.59 Å². The van der Waals surface area contributed by atoms with E-state index in [1.165, 1.54) is 24.3 Å². The number of nitrogens with zero attached hydrogens (tertiary/aromatic N) is 1. The third-order valence-corrected chi connectivity index (χ3v) is 7.20. The van der Waals surface area contributed by atoms with E-state index >= 15 is 4.39 Å². The van der Waals surface area contributed by atoms with Gasteiger partial charge in [-0.25, -0.2) is 4.39 Å². The minimum atomic E-state index is -0.524. The molecule has 0 unspecified atom stereocenters. The molecule has 9 heteroatoms. The number of benzene rings is 2. The molecule has 1 saturated carbocycles. The van der Waals surface area contributed by atoms with Crippen molar-refractivity contribution in [2.45, 2.75) is 31.8 Å². The summed E-state index contributed by atoms with van der Waals surface area (Å²) in [7, 11) is 1.51. The first-order chi connectivity index (χ1) is 15.1. The standard InChI is InChI=1S/C23H20FN3O3S.ClH/c1-30-21-17(12-2-3-13-10-25-7-6-11(13)8-12)16(24)9-15-19(21)27(14-4-5-14)23-18(20(15)28)22(29)26-31-23;/h2-3,8-9,14,25H,4-7,10H2,1H3,(H,26,29);1H. The zero-order chi connectivity index (χ0) is 21.3. The van der Waals surface area contributed by atoms with Crippen LogP contribution in [-0.4, -0.2) is 22.6 Å². The van der Waals surface area contributed by atoms with Crippen LogP contribution in [0.5, 0.6) is 5.75 Å². The van der Waals surface area contributed by atoms with Gasteiger partial charge < -0.3 is 14.6 Å². The smallest absolute Gasteiger partial charge is 0.271 e. The maximum atomic E-state index is 15.5. The van der Waals surface area contributed by atoms with E-state index in [4.69, 9.17) is 4.74 Å². The van der Waals surface area contributed by atoms with Gasteiger partial charge >= 0.3 is 0 Å². The summed E-state index contributed by atoms with van der Waals surface area (Å²) in [4.78, 5) is 26.1. The number of rotatable bonds is 3. The Morgan fingerprint density at radius 3 is 2.75 bits per heavy atom. The van der Waals surface area contributed by atoms with Crippen LogP contribution in [0.15, 0.2) is 33.9 Å². The zero-order valence-electron chi connectivity index (χ0n) is 17.3. The average Bonchev–Trinajstić information content (AvgIpc) is 3.55. The first kappa shape index (κ1) is 21.2. The summed E-state index contributed by atoms with van der Waals surface area (Å²) in [5, 5.41) is 3.63. The molecule has 1 aliphatic carbocycles. The second-order valence-corrected chi connectivity index (χ2v) is 9.01. The van der Waals surface area contributed by atoms with Gasteiger partial charge in [-0.05, 0) is 60.1 Å². The predicted octanol–water partition coefficient (Wildman–Crippen LogP) is 4.12. The van der Waals surface area contributed by atoms with Gasteiger partial charge in [0.2, 0.25) is 5.43 Å². The Hall–Kier alpha value is -2.68. The number of hydrogen-bond acceptors (Lipinski definition) is 5. The molecule has 2 aromatic heterocycles. The van der Waals surface area contributed by atoms with E-state index < -0.39 is 16.8 Å². The summed E-state index contributed by atoms with van der Waals surface area (Å²) in [6, 6.07) is 7.39. The summed E-state index contributed by atoms with van der Waals surface area (Å²) in [6.07, 6.45) is 2.77. The Bertz CT molecular complexity index is 1500. The lowest BCUT2D eigenvalue weighted by molar-refractivity contribution is 0.416. The second kappa shape index (κ2) is 7.72. The molecule has 166 valence electrons. The molecular formula is C23H21ClFN3O3S. The minimum absolute atomic E-state index is 0. The fourth-order valence-electron chi connectivity index (χ4n) is 4.71. The highest BCUT2D eigenvalue weighted by molar-refractivity contribution is 7.12. The highest BCUT2D eigenvalue weighted by atomic mass is 35.5. The minimum Gasteiger partial charge on any atom is -0.494 e. The van der Waals surface area contributed by atoms with E-state index in [0.717, 1.165) is 49.4 Å². The van der Waals surface area contributed by atoms with Crippen molar-refractivity contribution in [2.24, 2.45) is 0 Å². The van der Waals surface area contributed by atoms with Gasteiger partial charge in [0.25, 0.3) is 5.56 Å². The molecule has 1 fully saturated rings. The van der Waals surface area contributed by atoms with Gasteiger partial charge in [-0.3, -0.25) is 14.0 Å². The van der Waals surface area contributed by atoms with Crippen molar-refractivity contribution in [3.05, 3.63) is 61.8 Å². The van der Waals surface area contributed by atoms with Gasteiger partial charge in [-0.1, -0.05) is 18.2 Å². The van der Waals surface area contributed by atoms with Crippen molar-refractivity contribution >= 4 is 45.1 Å². The Kier molecular flexibility index (Phi) is 5.11. The van der Waals surface area contributed by atoms with Crippen molar-refractivity contribution in [1.29, 1.82) is 0 Å². The average molecular weight is 474 g/mol. The van der Waals surface area contributed by atoms with Gasteiger partial charge in [-0.2, -0.15) is 0 Å². The highest BCUT2D eigenvalue weighted by Gasteiger charge is 2.32. The van der Waals surface area contributed by atoms with Crippen molar-refractivity contribution in [3.8, 4) is 16.9 Å². The number of aromatic nitrogens is 2. The lowest BCUT2D eigenvalue weighted by Gasteiger charge is -2.21. The van der Waals surface area contributed by atoms with Crippen LogP contribution < -0.4 is 21.0 Å². The third-order valence-electron chi connectivity index (χ3n) is 6.32. The number of ether oxygens (including phenoxy) is 1.